The van der Waals surface area contributed by atoms with Crippen LogP contribution in [0.15, 0.2) is 48.5 Å². The zero-order valence-corrected chi connectivity index (χ0v) is 13.7. The zero-order valence-electron chi connectivity index (χ0n) is 13.7. The van der Waals surface area contributed by atoms with Crippen LogP contribution in [0.3, 0.4) is 0 Å². The monoisotopic (exact) mass is 332 g/mol. The summed E-state index contributed by atoms with van der Waals surface area (Å²) in [7, 11) is 0. The third kappa shape index (κ3) is 4.70. The summed E-state index contributed by atoms with van der Waals surface area (Å²) < 4.78 is 18.4. The molecule has 3 N–H and O–H groups in total. The SMILES string of the molecule is CCOc1ccccc1NC(=O)NCC(C)(O)c1ccc(F)cc1. The Morgan fingerprint density at radius 2 is 1.88 bits per heavy atom. The Hall–Kier alpha value is -2.60. The minimum Gasteiger partial charge on any atom is -0.492 e. The van der Waals surface area contributed by atoms with Crippen molar-refractivity contribution < 1.29 is 19.0 Å². The van der Waals surface area contributed by atoms with Gasteiger partial charge in [0.15, 0.2) is 0 Å². The molecule has 0 aromatic heterocycles. The second-order valence-electron chi connectivity index (χ2n) is 5.52. The lowest BCUT2D eigenvalue weighted by Gasteiger charge is -2.24. The Morgan fingerprint density at radius 3 is 2.54 bits per heavy atom. The van der Waals surface area contributed by atoms with Crippen molar-refractivity contribution >= 4 is 11.7 Å². The second-order valence-corrected chi connectivity index (χ2v) is 5.52. The van der Waals surface area contributed by atoms with Gasteiger partial charge in [-0.25, -0.2) is 9.18 Å². The first-order chi connectivity index (χ1) is 11.4. The van der Waals surface area contributed by atoms with Crippen molar-refractivity contribution in [1.29, 1.82) is 0 Å². The fourth-order valence-corrected chi connectivity index (χ4v) is 2.18. The summed E-state index contributed by atoms with van der Waals surface area (Å²) in [4.78, 5) is 12.1. The van der Waals surface area contributed by atoms with Crippen molar-refractivity contribution in [3.63, 3.8) is 0 Å². The van der Waals surface area contributed by atoms with Crippen molar-refractivity contribution in [1.82, 2.24) is 5.32 Å². The number of carbonyl (C=O) groups excluding carboxylic acids is 1. The maximum atomic E-state index is 13.0. The molecule has 6 heteroatoms. The summed E-state index contributed by atoms with van der Waals surface area (Å²) in [6.45, 7) is 3.87. The number of nitrogens with one attached hydrogen (secondary N) is 2. The molecule has 128 valence electrons. The Morgan fingerprint density at radius 1 is 1.21 bits per heavy atom. The van der Waals surface area contributed by atoms with Crippen LogP contribution in [0.2, 0.25) is 0 Å². The molecule has 2 amide bonds. The highest BCUT2D eigenvalue weighted by Gasteiger charge is 2.24. The predicted molar refractivity (Wildman–Crippen MR) is 90.6 cm³/mol. The molecule has 0 fully saturated rings. The fraction of sp³-hybridized carbons (Fsp3) is 0.278. The Bertz CT molecular complexity index is 687. The van der Waals surface area contributed by atoms with E-state index in [0.29, 0.717) is 23.6 Å². The standard InChI is InChI=1S/C18H21FN2O3/c1-3-24-16-7-5-4-6-15(16)21-17(22)20-12-18(2,23)13-8-10-14(19)11-9-13/h4-11,23H,3,12H2,1-2H3,(H2,20,21,22). The van der Waals surface area contributed by atoms with E-state index in [9.17, 15) is 14.3 Å². The predicted octanol–water partition coefficient (Wildman–Crippen LogP) is 3.25. The molecular formula is C18H21FN2O3. The third-order valence-corrected chi connectivity index (χ3v) is 3.49. The molecule has 1 atom stereocenters. The Labute approximate surface area is 140 Å². The number of urea groups is 1. The van der Waals surface area contributed by atoms with E-state index >= 15 is 0 Å². The average Bonchev–Trinajstić information content (AvgIpc) is 2.56. The van der Waals surface area contributed by atoms with Gasteiger partial charge in [-0.05, 0) is 43.7 Å². The van der Waals surface area contributed by atoms with Gasteiger partial charge in [0, 0.05) is 0 Å². The van der Waals surface area contributed by atoms with Crippen LogP contribution in [0.5, 0.6) is 5.75 Å². The number of benzene rings is 2. The number of para-hydroxylation sites is 2. The van der Waals surface area contributed by atoms with Gasteiger partial charge in [0.25, 0.3) is 0 Å². The molecule has 0 bridgehead atoms. The highest BCUT2D eigenvalue weighted by atomic mass is 19.1. The van der Waals surface area contributed by atoms with Gasteiger partial charge >= 0.3 is 6.03 Å². The molecule has 0 saturated heterocycles. The van der Waals surface area contributed by atoms with Gasteiger partial charge in [0.1, 0.15) is 17.2 Å². The number of carbonyl (C=O) groups is 1. The van der Waals surface area contributed by atoms with E-state index in [0.717, 1.165) is 0 Å². The fourth-order valence-electron chi connectivity index (χ4n) is 2.18. The Balaban J connectivity index is 1.96. The molecule has 2 aromatic carbocycles. The van der Waals surface area contributed by atoms with Crippen LogP contribution in [-0.4, -0.2) is 24.3 Å². The van der Waals surface area contributed by atoms with E-state index in [-0.39, 0.29) is 12.4 Å². The molecule has 1 unspecified atom stereocenters. The molecule has 24 heavy (non-hydrogen) atoms. The smallest absolute Gasteiger partial charge is 0.319 e. The molecule has 0 aliphatic heterocycles. The highest BCUT2D eigenvalue weighted by Crippen LogP contribution is 2.24. The number of hydrogen-bond donors (Lipinski definition) is 3. The van der Waals surface area contributed by atoms with Gasteiger partial charge in [-0.15, -0.1) is 0 Å². The summed E-state index contributed by atoms with van der Waals surface area (Å²) in [6, 6.07) is 12.1. The van der Waals surface area contributed by atoms with Crippen molar-refractivity contribution in [2.24, 2.45) is 0 Å². The van der Waals surface area contributed by atoms with Gasteiger partial charge < -0.3 is 20.5 Å². The van der Waals surface area contributed by atoms with Crippen molar-refractivity contribution in [2.75, 3.05) is 18.5 Å². The molecule has 5 nitrogen and oxygen atoms in total. The molecule has 0 saturated carbocycles. The first-order valence-corrected chi connectivity index (χ1v) is 7.67. The Kier molecular flexibility index (Phi) is 5.76. The van der Waals surface area contributed by atoms with Gasteiger partial charge in [-0.3, -0.25) is 0 Å². The molecular weight excluding hydrogens is 311 g/mol. The lowest BCUT2D eigenvalue weighted by Crippen LogP contribution is -2.40. The van der Waals surface area contributed by atoms with Gasteiger partial charge in [0.2, 0.25) is 0 Å². The highest BCUT2D eigenvalue weighted by molar-refractivity contribution is 5.90. The molecule has 0 spiro atoms. The normalized spacial score (nSPS) is 13.0. The summed E-state index contributed by atoms with van der Waals surface area (Å²) in [5, 5.41) is 15.7. The molecule has 0 radical (unpaired) electrons. The minimum atomic E-state index is -1.32. The number of ether oxygens (including phenoxy) is 1. The number of rotatable bonds is 6. The lowest BCUT2D eigenvalue weighted by atomic mass is 9.96. The average molecular weight is 332 g/mol. The first kappa shape index (κ1) is 17.7. The summed E-state index contributed by atoms with van der Waals surface area (Å²) in [6.07, 6.45) is 0. The third-order valence-electron chi connectivity index (χ3n) is 3.49. The molecule has 2 rings (SSSR count). The van der Waals surface area contributed by atoms with Crippen molar-refractivity contribution in [3.8, 4) is 5.75 Å². The van der Waals surface area contributed by atoms with Crippen LogP contribution in [0.1, 0.15) is 19.4 Å². The van der Waals surface area contributed by atoms with Gasteiger partial charge in [-0.1, -0.05) is 24.3 Å². The number of aliphatic hydroxyl groups is 1. The number of hydrogen-bond acceptors (Lipinski definition) is 3. The van der Waals surface area contributed by atoms with Crippen molar-refractivity contribution in [2.45, 2.75) is 19.4 Å². The van der Waals surface area contributed by atoms with Gasteiger partial charge in [-0.2, -0.15) is 0 Å². The molecule has 0 heterocycles. The minimum absolute atomic E-state index is 0.0265. The van der Waals surface area contributed by atoms with E-state index in [1.54, 1.807) is 25.1 Å². The summed E-state index contributed by atoms with van der Waals surface area (Å²) >= 11 is 0. The van der Waals surface area contributed by atoms with Crippen LogP contribution in [-0.2, 0) is 5.60 Å². The molecule has 0 aliphatic rings. The van der Waals surface area contributed by atoms with Crippen LogP contribution in [0, 0.1) is 5.82 Å². The molecule has 2 aromatic rings. The first-order valence-electron chi connectivity index (χ1n) is 7.67. The quantitative estimate of drug-likeness (QED) is 0.760. The van der Waals surface area contributed by atoms with E-state index in [2.05, 4.69) is 10.6 Å². The van der Waals surface area contributed by atoms with Crippen LogP contribution >= 0.6 is 0 Å². The lowest BCUT2D eigenvalue weighted by molar-refractivity contribution is 0.0599. The topological polar surface area (TPSA) is 70.6 Å². The maximum absolute atomic E-state index is 13.0. The van der Waals surface area contributed by atoms with E-state index < -0.39 is 11.6 Å². The summed E-state index contributed by atoms with van der Waals surface area (Å²) in [5.74, 6) is 0.188. The van der Waals surface area contributed by atoms with Crippen molar-refractivity contribution in [3.05, 3.63) is 59.9 Å². The van der Waals surface area contributed by atoms with E-state index in [1.807, 2.05) is 13.0 Å². The van der Waals surface area contributed by atoms with Gasteiger partial charge in [0.05, 0.1) is 18.8 Å². The van der Waals surface area contributed by atoms with E-state index in [4.69, 9.17) is 4.74 Å². The summed E-state index contributed by atoms with van der Waals surface area (Å²) in [5.41, 5.74) is -0.262. The van der Waals surface area contributed by atoms with Crippen LogP contribution in [0.4, 0.5) is 14.9 Å². The zero-order chi connectivity index (χ0) is 17.6. The maximum Gasteiger partial charge on any atom is 0.319 e. The number of anilines is 1. The number of amides is 2. The van der Waals surface area contributed by atoms with Crippen LogP contribution < -0.4 is 15.4 Å². The number of halogens is 1. The van der Waals surface area contributed by atoms with Crippen LogP contribution in [0.25, 0.3) is 0 Å². The largest absolute Gasteiger partial charge is 0.492 e. The molecule has 0 aliphatic carbocycles. The second kappa shape index (κ2) is 7.79. The van der Waals surface area contributed by atoms with E-state index in [1.165, 1.54) is 24.3 Å².